The number of hydrogen-bond acceptors (Lipinski definition) is 2. The number of carbonyl (C=O) groups excluding carboxylic acids is 2. The zero-order valence-corrected chi connectivity index (χ0v) is 11.8. The average molecular weight is 289 g/mol. The van der Waals surface area contributed by atoms with Crippen LogP contribution in [0.1, 0.15) is 31.1 Å². The third-order valence-electron chi connectivity index (χ3n) is 2.15. The maximum absolute atomic E-state index is 11.8. The fourth-order valence-corrected chi connectivity index (χ4v) is 1.54. The van der Waals surface area contributed by atoms with Crippen molar-refractivity contribution in [1.29, 1.82) is 0 Å². The number of halogens is 2. The van der Waals surface area contributed by atoms with Crippen molar-refractivity contribution >= 4 is 35.0 Å². The quantitative estimate of drug-likeness (QED) is 0.781. The smallest absolute Gasteiger partial charge is 0.271 e. The molecule has 4 nitrogen and oxygen atoms in total. The first kappa shape index (κ1) is 14.8. The molecule has 0 aromatic heterocycles. The Balaban J connectivity index is 2.70. The van der Waals surface area contributed by atoms with E-state index in [4.69, 9.17) is 23.2 Å². The molecule has 0 bridgehead atoms. The van der Waals surface area contributed by atoms with Crippen molar-refractivity contribution in [1.82, 2.24) is 10.9 Å². The molecule has 0 heterocycles. The molecule has 0 aliphatic rings. The van der Waals surface area contributed by atoms with E-state index in [9.17, 15) is 9.59 Å². The molecule has 1 aromatic rings. The Morgan fingerprint density at radius 1 is 1.11 bits per heavy atom. The first-order valence-electron chi connectivity index (χ1n) is 5.27. The number of nitrogens with one attached hydrogen (secondary N) is 2. The highest BCUT2D eigenvalue weighted by atomic mass is 35.5. The molecule has 0 radical (unpaired) electrons. The summed E-state index contributed by atoms with van der Waals surface area (Å²) in [5.41, 5.74) is 4.29. The van der Waals surface area contributed by atoms with E-state index >= 15 is 0 Å². The summed E-state index contributed by atoms with van der Waals surface area (Å²) in [5, 5.41) is 0.667. The van der Waals surface area contributed by atoms with Gasteiger partial charge in [0.15, 0.2) is 0 Å². The number of benzene rings is 1. The molecule has 0 fully saturated rings. The van der Waals surface area contributed by atoms with Crippen molar-refractivity contribution in [2.24, 2.45) is 5.41 Å². The summed E-state index contributed by atoms with van der Waals surface area (Å²) in [4.78, 5) is 23.3. The van der Waals surface area contributed by atoms with Crippen LogP contribution in [0.2, 0.25) is 10.0 Å². The Hall–Kier alpha value is -1.26. The van der Waals surface area contributed by atoms with Gasteiger partial charge in [0, 0.05) is 10.4 Å². The number of rotatable bonds is 1. The van der Waals surface area contributed by atoms with Crippen molar-refractivity contribution < 1.29 is 9.59 Å². The SMILES string of the molecule is CC(C)(C)C(=O)NNC(=O)c1ccc(Cl)cc1Cl. The summed E-state index contributed by atoms with van der Waals surface area (Å²) in [6.07, 6.45) is 0. The molecule has 6 heteroatoms. The van der Waals surface area contributed by atoms with Crippen LogP contribution in [0.15, 0.2) is 18.2 Å². The predicted octanol–water partition coefficient (Wildman–Crippen LogP) is 2.80. The van der Waals surface area contributed by atoms with Gasteiger partial charge in [0.25, 0.3) is 5.91 Å². The van der Waals surface area contributed by atoms with Crippen LogP contribution in [-0.2, 0) is 4.79 Å². The van der Waals surface area contributed by atoms with Crippen LogP contribution in [-0.4, -0.2) is 11.8 Å². The summed E-state index contributed by atoms with van der Waals surface area (Å²) in [5.74, 6) is -0.782. The highest BCUT2D eigenvalue weighted by Crippen LogP contribution is 2.20. The van der Waals surface area contributed by atoms with Gasteiger partial charge in [-0.3, -0.25) is 20.4 Å². The number of hydrogen-bond donors (Lipinski definition) is 2. The average Bonchev–Trinajstić information content (AvgIpc) is 2.24. The number of amides is 2. The van der Waals surface area contributed by atoms with Gasteiger partial charge < -0.3 is 0 Å². The van der Waals surface area contributed by atoms with Gasteiger partial charge >= 0.3 is 0 Å². The van der Waals surface area contributed by atoms with Gasteiger partial charge in [0.1, 0.15) is 0 Å². The van der Waals surface area contributed by atoms with E-state index in [0.29, 0.717) is 5.02 Å². The molecule has 98 valence electrons. The number of carbonyl (C=O) groups is 2. The van der Waals surface area contributed by atoms with Gasteiger partial charge in [0.2, 0.25) is 5.91 Å². The highest BCUT2D eigenvalue weighted by molar-refractivity contribution is 6.36. The first-order valence-corrected chi connectivity index (χ1v) is 6.03. The van der Waals surface area contributed by atoms with Crippen LogP contribution >= 0.6 is 23.2 Å². The van der Waals surface area contributed by atoms with E-state index in [1.54, 1.807) is 26.8 Å². The maximum Gasteiger partial charge on any atom is 0.271 e. The zero-order valence-electron chi connectivity index (χ0n) is 10.3. The molecular formula is C12H14Cl2N2O2. The van der Waals surface area contributed by atoms with Gasteiger partial charge in [-0.15, -0.1) is 0 Å². The summed E-state index contributed by atoms with van der Waals surface area (Å²) in [7, 11) is 0. The molecule has 0 spiro atoms. The summed E-state index contributed by atoms with van der Waals surface area (Å²) in [6, 6.07) is 4.50. The second-order valence-electron chi connectivity index (χ2n) is 4.78. The summed E-state index contributed by atoms with van der Waals surface area (Å²) in [6.45, 7) is 5.22. The lowest BCUT2D eigenvalue weighted by atomic mass is 9.96. The van der Waals surface area contributed by atoms with Crippen molar-refractivity contribution in [3.05, 3.63) is 33.8 Å². The molecule has 1 rings (SSSR count). The Morgan fingerprint density at radius 3 is 2.22 bits per heavy atom. The van der Waals surface area contributed by atoms with Crippen molar-refractivity contribution in [3.8, 4) is 0 Å². The monoisotopic (exact) mass is 288 g/mol. The van der Waals surface area contributed by atoms with Crippen molar-refractivity contribution in [2.75, 3.05) is 0 Å². The fraction of sp³-hybridized carbons (Fsp3) is 0.333. The van der Waals surface area contributed by atoms with Crippen LogP contribution in [0.5, 0.6) is 0 Å². The minimum Gasteiger partial charge on any atom is -0.273 e. The van der Waals surface area contributed by atoms with Gasteiger partial charge in [-0.25, -0.2) is 0 Å². The third kappa shape index (κ3) is 3.89. The molecule has 0 saturated carbocycles. The van der Waals surface area contributed by atoms with Crippen LogP contribution in [0.3, 0.4) is 0 Å². The van der Waals surface area contributed by atoms with Crippen LogP contribution < -0.4 is 10.9 Å². The Labute approximate surface area is 116 Å². The van der Waals surface area contributed by atoms with E-state index < -0.39 is 11.3 Å². The predicted molar refractivity (Wildman–Crippen MR) is 71.5 cm³/mol. The second kappa shape index (κ2) is 5.59. The minimum atomic E-state index is -0.586. The Morgan fingerprint density at radius 2 is 1.72 bits per heavy atom. The molecular weight excluding hydrogens is 275 g/mol. The standard InChI is InChI=1S/C12H14Cl2N2O2/c1-12(2,3)11(18)16-15-10(17)8-5-4-7(13)6-9(8)14/h4-6H,1-3H3,(H,15,17)(H,16,18). The molecule has 2 N–H and O–H groups in total. The molecule has 2 amide bonds. The van der Waals surface area contributed by atoms with E-state index in [1.165, 1.54) is 12.1 Å². The lowest BCUT2D eigenvalue weighted by molar-refractivity contribution is -0.129. The first-order chi connectivity index (χ1) is 8.21. The van der Waals surface area contributed by atoms with Crippen LogP contribution in [0.25, 0.3) is 0 Å². The largest absolute Gasteiger partial charge is 0.273 e. The van der Waals surface area contributed by atoms with Crippen LogP contribution in [0, 0.1) is 5.41 Å². The molecule has 0 saturated heterocycles. The summed E-state index contributed by atoms with van der Waals surface area (Å²) >= 11 is 11.6. The topological polar surface area (TPSA) is 58.2 Å². The molecule has 1 aromatic carbocycles. The second-order valence-corrected chi connectivity index (χ2v) is 5.63. The van der Waals surface area contributed by atoms with E-state index in [2.05, 4.69) is 10.9 Å². The van der Waals surface area contributed by atoms with Gasteiger partial charge in [-0.2, -0.15) is 0 Å². The lowest BCUT2D eigenvalue weighted by Crippen LogP contribution is -2.46. The van der Waals surface area contributed by atoms with E-state index in [1.807, 2.05) is 0 Å². The van der Waals surface area contributed by atoms with Gasteiger partial charge in [-0.1, -0.05) is 44.0 Å². The molecule has 18 heavy (non-hydrogen) atoms. The Kier molecular flexibility index (Phi) is 4.59. The van der Waals surface area contributed by atoms with Crippen molar-refractivity contribution in [2.45, 2.75) is 20.8 Å². The van der Waals surface area contributed by atoms with Gasteiger partial charge in [0.05, 0.1) is 10.6 Å². The van der Waals surface area contributed by atoms with Crippen molar-refractivity contribution in [3.63, 3.8) is 0 Å². The molecule has 0 aliphatic carbocycles. The Bertz CT molecular complexity index is 481. The molecule has 0 aliphatic heterocycles. The normalized spacial score (nSPS) is 10.9. The van der Waals surface area contributed by atoms with E-state index in [-0.39, 0.29) is 16.5 Å². The maximum atomic E-state index is 11.8. The lowest BCUT2D eigenvalue weighted by Gasteiger charge is -2.18. The number of hydrazine groups is 1. The summed E-state index contributed by atoms with van der Waals surface area (Å²) < 4.78 is 0. The fourth-order valence-electron chi connectivity index (χ4n) is 1.04. The molecule has 0 atom stereocenters. The van der Waals surface area contributed by atoms with Gasteiger partial charge in [-0.05, 0) is 18.2 Å². The van der Waals surface area contributed by atoms with E-state index in [0.717, 1.165) is 0 Å². The molecule has 0 unspecified atom stereocenters. The third-order valence-corrected chi connectivity index (χ3v) is 2.69. The zero-order chi connectivity index (χ0) is 13.9. The highest BCUT2D eigenvalue weighted by Gasteiger charge is 2.22. The minimum absolute atomic E-state index is 0.227. The van der Waals surface area contributed by atoms with Crippen LogP contribution in [0.4, 0.5) is 0 Å².